The first-order chi connectivity index (χ1) is 14.1. The van der Waals surface area contributed by atoms with Gasteiger partial charge in [-0.3, -0.25) is 14.5 Å². The van der Waals surface area contributed by atoms with Crippen molar-refractivity contribution >= 4 is 44.3 Å². The zero-order valence-electron chi connectivity index (χ0n) is 15.9. The van der Waals surface area contributed by atoms with E-state index in [1.807, 2.05) is 12.1 Å². The van der Waals surface area contributed by atoms with Crippen molar-refractivity contribution in [3.8, 4) is 5.75 Å². The summed E-state index contributed by atoms with van der Waals surface area (Å²) in [7, 11) is 1.57. The number of methoxy groups -OCH3 is 1. The molecule has 0 aliphatic carbocycles. The van der Waals surface area contributed by atoms with E-state index < -0.39 is 6.04 Å². The van der Waals surface area contributed by atoms with Gasteiger partial charge in [0.2, 0.25) is 5.91 Å². The predicted molar refractivity (Wildman–Crippen MR) is 114 cm³/mol. The van der Waals surface area contributed by atoms with Crippen LogP contribution in [0.2, 0.25) is 0 Å². The van der Waals surface area contributed by atoms with Crippen LogP contribution in [0, 0.1) is 0 Å². The van der Waals surface area contributed by atoms with Gasteiger partial charge in [-0.15, -0.1) is 0 Å². The lowest BCUT2D eigenvalue weighted by Crippen LogP contribution is -2.44. The smallest absolute Gasteiger partial charge is 0.251 e. The summed E-state index contributed by atoms with van der Waals surface area (Å²) < 4.78 is 6.28. The Hall–Kier alpha value is -2.64. The summed E-state index contributed by atoms with van der Waals surface area (Å²) in [6.45, 7) is 1.40. The highest BCUT2D eigenvalue weighted by molar-refractivity contribution is 9.10. The van der Waals surface area contributed by atoms with E-state index in [4.69, 9.17) is 4.74 Å². The molecule has 2 aliphatic heterocycles. The van der Waals surface area contributed by atoms with E-state index >= 15 is 0 Å². The van der Waals surface area contributed by atoms with E-state index in [1.165, 1.54) is 21.5 Å². The number of benzene rings is 2. The minimum atomic E-state index is -0.432. The summed E-state index contributed by atoms with van der Waals surface area (Å²) in [5.74, 6) is 0.298. The Balaban J connectivity index is 1.44. The fourth-order valence-electron chi connectivity index (χ4n) is 4.41. The average molecular weight is 454 g/mol. The van der Waals surface area contributed by atoms with Gasteiger partial charge in [-0.2, -0.15) is 0 Å². The number of H-pyrrole nitrogens is 1. The normalized spacial score (nSPS) is 19.8. The number of hydrogen-bond donors (Lipinski definition) is 1. The highest BCUT2D eigenvalue weighted by Gasteiger charge is 2.43. The summed E-state index contributed by atoms with van der Waals surface area (Å²) in [5, 5.41) is 1.17. The van der Waals surface area contributed by atoms with E-state index in [-0.39, 0.29) is 18.2 Å². The number of amides is 2. The Morgan fingerprint density at radius 2 is 2.00 bits per heavy atom. The number of ether oxygens (including phenoxy) is 1. The van der Waals surface area contributed by atoms with Crippen LogP contribution in [0.15, 0.2) is 46.9 Å². The number of hydrogen-bond acceptors (Lipinski definition) is 4. The summed E-state index contributed by atoms with van der Waals surface area (Å²) in [6, 6.07) is 12.8. The molecule has 3 aromatic rings. The van der Waals surface area contributed by atoms with Crippen LogP contribution in [-0.4, -0.2) is 41.4 Å². The van der Waals surface area contributed by atoms with Crippen LogP contribution in [-0.2, 0) is 22.6 Å². The van der Waals surface area contributed by atoms with Gasteiger partial charge in [-0.1, -0.05) is 18.2 Å². The fourth-order valence-corrected chi connectivity index (χ4v) is 4.88. The number of nitrogens with one attached hydrogen (secondary N) is 1. The third kappa shape index (κ3) is 2.96. The van der Waals surface area contributed by atoms with Crippen molar-refractivity contribution in [2.75, 3.05) is 18.6 Å². The van der Waals surface area contributed by atoms with Crippen molar-refractivity contribution in [3.63, 3.8) is 0 Å². The Morgan fingerprint density at radius 3 is 2.83 bits per heavy atom. The summed E-state index contributed by atoms with van der Waals surface area (Å²) in [5.41, 5.74) is 4.08. The Bertz CT molecular complexity index is 1140. The lowest BCUT2D eigenvalue weighted by atomic mass is 10.0. The van der Waals surface area contributed by atoms with Crippen LogP contribution in [0.5, 0.6) is 5.75 Å². The van der Waals surface area contributed by atoms with Crippen LogP contribution in [0.4, 0.5) is 5.69 Å². The number of para-hydroxylation sites is 1. The van der Waals surface area contributed by atoms with Gasteiger partial charge < -0.3 is 9.72 Å². The molecule has 1 fully saturated rings. The van der Waals surface area contributed by atoms with Crippen molar-refractivity contribution in [3.05, 3.63) is 58.2 Å². The van der Waals surface area contributed by atoms with Gasteiger partial charge in [-0.25, -0.2) is 4.90 Å². The van der Waals surface area contributed by atoms with Gasteiger partial charge in [0.15, 0.2) is 0 Å². The van der Waals surface area contributed by atoms with Crippen molar-refractivity contribution in [1.82, 2.24) is 9.88 Å². The average Bonchev–Trinajstić information content (AvgIpc) is 3.25. The number of rotatable bonds is 3. The lowest BCUT2D eigenvalue weighted by Gasteiger charge is -2.31. The topological polar surface area (TPSA) is 65.6 Å². The van der Waals surface area contributed by atoms with Crippen molar-refractivity contribution in [1.29, 1.82) is 0 Å². The van der Waals surface area contributed by atoms with E-state index in [2.05, 4.69) is 31.9 Å². The van der Waals surface area contributed by atoms with Gasteiger partial charge in [0.25, 0.3) is 5.91 Å². The van der Waals surface area contributed by atoms with Crippen LogP contribution in [0.25, 0.3) is 10.9 Å². The number of halogens is 1. The second kappa shape index (κ2) is 7.00. The standard InChI is InChI=1S/C22H20BrN3O3/c1-29-14-5-2-4-13(10-14)26-20(27)11-19(22(26)28)25-9-8-18-16(12-25)15-6-3-7-17(23)21(15)24-18/h2-7,10,19,24H,8-9,11-12H2,1H3/t19-/m1/s1. The molecule has 1 aromatic heterocycles. The van der Waals surface area contributed by atoms with Gasteiger partial charge in [0.1, 0.15) is 5.75 Å². The molecule has 2 aromatic carbocycles. The molecule has 0 bridgehead atoms. The maximum atomic E-state index is 13.2. The molecule has 0 unspecified atom stereocenters. The van der Waals surface area contributed by atoms with Gasteiger partial charge in [-0.05, 0) is 39.7 Å². The first-order valence-corrected chi connectivity index (χ1v) is 10.4. The van der Waals surface area contributed by atoms with Crippen LogP contribution >= 0.6 is 15.9 Å². The molecule has 0 saturated carbocycles. The lowest BCUT2D eigenvalue weighted by molar-refractivity contribution is -0.123. The molecule has 29 heavy (non-hydrogen) atoms. The zero-order chi connectivity index (χ0) is 20.1. The fraction of sp³-hybridized carbons (Fsp3) is 0.273. The quantitative estimate of drug-likeness (QED) is 0.614. The molecule has 148 valence electrons. The van der Waals surface area contributed by atoms with E-state index in [0.29, 0.717) is 18.0 Å². The largest absolute Gasteiger partial charge is 0.497 e. The summed E-state index contributed by atoms with van der Waals surface area (Å²) >= 11 is 3.61. The molecule has 1 atom stereocenters. The third-order valence-corrected chi connectivity index (χ3v) is 6.53. The summed E-state index contributed by atoms with van der Waals surface area (Å²) in [4.78, 5) is 32.9. The third-order valence-electron chi connectivity index (χ3n) is 5.86. The minimum Gasteiger partial charge on any atom is -0.497 e. The zero-order valence-corrected chi connectivity index (χ0v) is 17.5. The highest BCUT2D eigenvalue weighted by atomic mass is 79.9. The van der Waals surface area contributed by atoms with Gasteiger partial charge in [0.05, 0.1) is 30.8 Å². The number of carbonyl (C=O) groups excluding carboxylic acids is 2. The molecule has 0 radical (unpaired) electrons. The summed E-state index contributed by atoms with van der Waals surface area (Å²) in [6.07, 6.45) is 1.03. The molecule has 5 rings (SSSR count). The van der Waals surface area contributed by atoms with Crippen LogP contribution in [0.3, 0.4) is 0 Å². The number of nitrogens with zero attached hydrogens (tertiary/aromatic N) is 2. The Labute approximate surface area is 176 Å². The molecule has 2 aliphatic rings. The maximum absolute atomic E-state index is 13.2. The van der Waals surface area contributed by atoms with Gasteiger partial charge >= 0.3 is 0 Å². The molecule has 6 nitrogen and oxygen atoms in total. The van der Waals surface area contributed by atoms with Crippen molar-refractivity contribution in [2.24, 2.45) is 0 Å². The molecule has 1 N–H and O–H groups in total. The molecular formula is C22H20BrN3O3. The number of imide groups is 1. The Kier molecular flexibility index (Phi) is 4.44. The SMILES string of the molecule is COc1cccc(N2C(=O)C[C@@H](N3CCc4[nH]c5c(Br)cccc5c4C3)C2=O)c1. The second-order valence-corrected chi connectivity index (χ2v) is 8.31. The highest BCUT2D eigenvalue weighted by Crippen LogP contribution is 2.35. The Morgan fingerprint density at radius 1 is 1.17 bits per heavy atom. The van der Waals surface area contributed by atoms with E-state index in [0.717, 1.165) is 23.0 Å². The van der Waals surface area contributed by atoms with E-state index in [9.17, 15) is 9.59 Å². The monoisotopic (exact) mass is 453 g/mol. The van der Waals surface area contributed by atoms with Crippen molar-refractivity contribution in [2.45, 2.75) is 25.4 Å². The number of fused-ring (bicyclic) bond motifs is 3. The molecule has 2 amide bonds. The predicted octanol–water partition coefficient (Wildman–Crippen LogP) is 3.63. The molecule has 1 saturated heterocycles. The number of carbonyl (C=O) groups is 2. The number of aromatic amines is 1. The van der Waals surface area contributed by atoms with Crippen molar-refractivity contribution < 1.29 is 14.3 Å². The van der Waals surface area contributed by atoms with Crippen LogP contribution in [0.1, 0.15) is 17.7 Å². The first kappa shape index (κ1) is 18.4. The second-order valence-electron chi connectivity index (χ2n) is 7.45. The molecule has 3 heterocycles. The maximum Gasteiger partial charge on any atom is 0.251 e. The molecule has 0 spiro atoms. The molecular weight excluding hydrogens is 434 g/mol. The minimum absolute atomic E-state index is 0.160. The number of anilines is 1. The van der Waals surface area contributed by atoms with E-state index in [1.54, 1.807) is 31.4 Å². The first-order valence-electron chi connectivity index (χ1n) is 9.59. The van der Waals surface area contributed by atoms with Gasteiger partial charge in [0, 0.05) is 41.1 Å². The van der Waals surface area contributed by atoms with Crippen LogP contribution < -0.4 is 9.64 Å². The number of aromatic nitrogens is 1. The molecule has 7 heteroatoms.